The summed E-state index contributed by atoms with van der Waals surface area (Å²) < 4.78 is 0. The molecule has 0 aliphatic rings. The Kier molecular flexibility index (Phi) is 9.13. The highest BCUT2D eigenvalue weighted by atomic mass is 32.1. The summed E-state index contributed by atoms with van der Waals surface area (Å²) in [7, 11) is 0. The minimum atomic E-state index is 0.699. The van der Waals surface area contributed by atoms with Crippen molar-refractivity contribution < 1.29 is 0 Å². The third-order valence-corrected chi connectivity index (χ3v) is 4.14. The summed E-state index contributed by atoms with van der Waals surface area (Å²) in [5.41, 5.74) is 1.92. The second-order valence-electron chi connectivity index (χ2n) is 5.04. The smallest absolute Gasteiger partial charge is 0.0794 e. The molecule has 3 heteroatoms. The lowest BCUT2D eigenvalue weighted by Crippen LogP contribution is -2.28. The Balaban J connectivity index is 2.23. The molecule has 0 aromatic carbocycles. The van der Waals surface area contributed by atoms with Crippen molar-refractivity contribution in [2.45, 2.75) is 77.8 Å². The van der Waals surface area contributed by atoms with Crippen LogP contribution in [-0.2, 0) is 6.54 Å². The maximum atomic E-state index is 4.13. The predicted octanol–water partition coefficient (Wildman–Crippen LogP) is 4.76. The van der Waals surface area contributed by atoms with Gasteiger partial charge in [-0.05, 0) is 12.8 Å². The van der Waals surface area contributed by atoms with E-state index in [9.17, 15) is 0 Å². The number of unbranched alkanes of at least 4 members (excludes halogenated alkanes) is 4. The molecule has 0 spiro atoms. The van der Waals surface area contributed by atoms with Crippen molar-refractivity contribution in [2.75, 3.05) is 0 Å². The lowest BCUT2D eigenvalue weighted by atomic mass is 10.0. The van der Waals surface area contributed by atoms with Crippen LogP contribution in [0, 0.1) is 0 Å². The molecule has 1 heterocycles. The zero-order valence-corrected chi connectivity index (χ0v) is 12.8. The fourth-order valence-electron chi connectivity index (χ4n) is 2.20. The van der Waals surface area contributed by atoms with Gasteiger partial charge < -0.3 is 5.32 Å². The lowest BCUT2D eigenvalue weighted by molar-refractivity contribution is 0.419. The molecule has 0 amide bonds. The molecule has 0 radical (unpaired) electrons. The molecule has 2 nitrogen and oxygen atoms in total. The highest BCUT2D eigenvalue weighted by Crippen LogP contribution is 2.13. The van der Waals surface area contributed by atoms with Gasteiger partial charge in [0, 0.05) is 23.7 Å². The van der Waals surface area contributed by atoms with Gasteiger partial charge in [-0.3, -0.25) is 4.98 Å². The number of hydrogen-bond acceptors (Lipinski definition) is 3. The SMILES string of the molecule is CCCCCC(CCCCC)NCc1cncs1. The second kappa shape index (κ2) is 10.5. The van der Waals surface area contributed by atoms with Gasteiger partial charge >= 0.3 is 0 Å². The Morgan fingerprint density at radius 3 is 2.28 bits per heavy atom. The summed E-state index contributed by atoms with van der Waals surface area (Å²) in [5, 5.41) is 3.71. The molecular weight excluding hydrogens is 240 g/mol. The Hall–Kier alpha value is -0.410. The van der Waals surface area contributed by atoms with E-state index in [1.807, 2.05) is 11.7 Å². The summed E-state index contributed by atoms with van der Waals surface area (Å²) in [5.74, 6) is 0. The first-order valence-electron chi connectivity index (χ1n) is 7.47. The Morgan fingerprint density at radius 2 is 1.78 bits per heavy atom. The van der Waals surface area contributed by atoms with Crippen molar-refractivity contribution in [3.05, 3.63) is 16.6 Å². The zero-order chi connectivity index (χ0) is 13.1. The van der Waals surface area contributed by atoms with E-state index in [-0.39, 0.29) is 0 Å². The molecule has 0 saturated heterocycles. The molecule has 0 aliphatic carbocycles. The molecule has 0 bridgehead atoms. The van der Waals surface area contributed by atoms with Gasteiger partial charge in [-0.2, -0.15) is 0 Å². The molecule has 0 aliphatic heterocycles. The van der Waals surface area contributed by atoms with Crippen molar-refractivity contribution >= 4 is 11.3 Å². The van der Waals surface area contributed by atoms with Crippen LogP contribution in [0.4, 0.5) is 0 Å². The zero-order valence-electron chi connectivity index (χ0n) is 12.0. The van der Waals surface area contributed by atoms with E-state index in [0.717, 1.165) is 6.54 Å². The molecule has 0 unspecified atom stereocenters. The second-order valence-corrected chi connectivity index (χ2v) is 6.01. The average molecular weight is 268 g/mol. The highest BCUT2D eigenvalue weighted by Gasteiger charge is 2.08. The number of hydrogen-bond donors (Lipinski definition) is 1. The fraction of sp³-hybridized carbons (Fsp3) is 0.800. The van der Waals surface area contributed by atoms with E-state index in [1.54, 1.807) is 11.3 Å². The third-order valence-electron chi connectivity index (χ3n) is 3.36. The van der Waals surface area contributed by atoms with E-state index in [4.69, 9.17) is 0 Å². The molecule has 1 N–H and O–H groups in total. The number of thiazole rings is 1. The van der Waals surface area contributed by atoms with Crippen molar-refractivity contribution in [3.8, 4) is 0 Å². The average Bonchev–Trinajstić information content (AvgIpc) is 2.89. The van der Waals surface area contributed by atoms with Gasteiger partial charge in [0.2, 0.25) is 0 Å². The van der Waals surface area contributed by atoms with E-state index in [0.29, 0.717) is 6.04 Å². The number of aromatic nitrogens is 1. The molecule has 0 fully saturated rings. The van der Waals surface area contributed by atoms with Crippen molar-refractivity contribution in [2.24, 2.45) is 0 Å². The van der Waals surface area contributed by atoms with Crippen LogP contribution in [0.15, 0.2) is 11.7 Å². The van der Waals surface area contributed by atoms with Gasteiger partial charge in [0.05, 0.1) is 5.51 Å². The van der Waals surface area contributed by atoms with Crippen LogP contribution in [0.1, 0.15) is 70.1 Å². The number of rotatable bonds is 11. The maximum absolute atomic E-state index is 4.13. The fourth-order valence-corrected chi connectivity index (χ4v) is 2.75. The largest absolute Gasteiger partial charge is 0.309 e. The first-order chi connectivity index (χ1) is 8.86. The summed E-state index contributed by atoms with van der Waals surface area (Å²) in [6.45, 7) is 5.54. The quantitative estimate of drug-likeness (QED) is 0.585. The minimum Gasteiger partial charge on any atom is -0.309 e. The van der Waals surface area contributed by atoms with E-state index < -0.39 is 0 Å². The molecule has 0 saturated carbocycles. The van der Waals surface area contributed by atoms with Crippen LogP contribution in [0.25, 0.3) is 0 Å². The van der Waals surface area contributed by atoms with Gasteiger partial charge in [-0.15, -0.1) is 11.3 Å². The van der Waals surface area contributed by atoms with Crippen molar-refractivity contribution in [3.63, 3.8) is 0 Å². The van der Waals surface area contributed by atoms with Crippen LogP contribution in [0.2, 0.25) is 0 Å². The van der Waals surface area contributed by atoms with Crippen LogP contribution in [-0.4, -0.2) is 11.0 Å². The van der Waals surface area contributed by atoms with Gasteiger partial charge in [0.15, 0.2) is 0 Å². The molecule has 18 heavy (non-hydrogen) atoms. The van der Waals surface area contributed by atoms with E-state index in [2.05, 4.69) is 24.1 Å². The monoisotopic (exact) mass is 268 g/mol. The van der Waals surface area contributed by atoms with Crippen LogP contribution in [0.3, 0.4) is 0 Å². The summed E-state index contributed by atoms with van der Waals surface area (Å²) in [6.07, 6.45) is 12.7. The molecular formula is C15H28N2S. The first-order valence-corrected chi connectivity index (χ1v) is 8.35. The van der Waals surface area contributed by atoms with Gasteiger partial charge in [0.25, 0.3) is 0 Å². The van der Waals surface area contributed by atoms with E-state index in [1.165, 1.54) is 56.2 Å². The standard InChI is InChI=1S/C15H28N2S/c1-3-5-7-9-14(10-8-6-4-2)17-12-15-11-16-13-18-15/h11,13-14,17H,3-10,12H2,1-2H3. The lowest BCUT2D eigenvalue weighted by Gasteiger charge is -2.18. The minimum absolute atomic E-state index is 0.699. The van der Waals surface area contributed by atoms with Crippen molar-refractivity contribution in [1.29, 1.82) is 0 Å². The Labute approximate surface area is 116 Å². The maximum Gasteiger partial charge on any atom is 0.0794 e. The van der Waals surface area contributed by atoms with Gasteiger partial charge in [-0.25, -0.2) is 0 Å². The van der Waals surface area contributed by atoms with Gasteiger partial charge in [-0.1, -0.05) is 52.4 Å². The molecule has 1 rings (SSSR count). The van der Waals surface area contributed by atoms with Gasteiger partial charge in [0.1, 0.15) is 0 Å². The Bertz CT molecular complexity index is 262. The Morgan fingerprint density at radius 1 is 1.11 bits per heavy atom. The highest BCUT2D eigenvalue weighted by molar-refractivity contribution is 7.09. The van der Waals surface area contributed by atoms with Crippen LogP contribution >= 0.6 is 11.3 Å². The molecule has 104 valence electrons. The third kappa shape index (κ3) is 7.12. The normalized spacial score (nSPS) is 11.3. The molecule has 1 aromatic heterocycles. The molecule has 0 atom stereocenters. The summed E-state index contributed by atoms with van der Waals surface area (Å²) >= 11 is 1.75. The topological polar surface area (TPSA) is 24.9 Å². The van der Waals surface area contributed by atoms with Crippen LogP contribution in [0.5, 0.6) is 0 Å². The predicted molar refractivity (Wildman–Crippen MR) is 81.0 cm³/mol. The number of nitrogens with zero attached hydrogens (tertiary/aromatic N) is 1. The van der Waals surface area contributed by atoms with E-state index >= 15 is 0 Å². The summed E-state index contributed by atoms with van der Waals surface area (Å²) in [4.78, 5) is 5.48. The first kappa shape index (κ1) is 15.6. The van der Waals surface area contributed by atoms with Crippen LogP contribution < -0.4 is 5.32 Å². The summed E-state index contributed by atoms with van der Waals surface area (Å²) in [6, 6.07) is 0.699. The molecule has 1 aromatic rings. The van der Waals surface area contributed by atoms with Crippen molar-refractivity contribution in [1.82, 2.24) is 10.3 Å². The number of nitrogens with one attached hydrogen (secondary N) is 1.